The molecule has 7 heteroatoms. The Labute approximate surface area is 171 Å². The number of fused-ring (bicyclic) bond motifs is 1. The van der Waals surface area contributed by atoms with E-state index in [1.165, 1.54) is 12.1 Å². The maximum absolute atomic E-state index is 13.4. The summed E-state index contributed by atoms with van der Waals surface area (Å²) in [5, 5.41) is 3.26. The number of benzene rings is 2. The third-order valence-corrected chi connectivity index (χ3v) is 6.37. The SMILES string of the molecule is COc1ccccc1-c1csc(C2CCN(c3nc4cc(F)ccc4o3)CC2)n1. The minimum atomic E-state index is -0.300. The van der Waals surface area contributed by atoms with Crippen molar-refractivity contribution >= 4 is 28.5 Å². The molecule has 148 valence electrons. The molecule has 0 radical (unpaired) electrons. The number of nitrogens with zero attached hydrogens (tertiary/aromatic N) is 3. The Kier molecular flexibility index (Phi) is 4.67. The molecule has 1 saturated heterocycles. The Morgan fingerprint density at radius 3 is 2.79 bits per heavy atom. The predicted molar refractivity (Wildman–Crippen MR) is 112 cm³/mol. The molecule has 0 aliphatic carbocycles. The highest BCUT2D eigenvalue weighted by atomic mass is 32.1. The second kappa shape index (κ2) is 7.48. The molecule has 1 aliphatic rings. The van der Waals surface area contributed by atoms with Crippen LogP contribution in [-0.4, -0.2) is 30.2 Å². The van der Waals surface area contributed by atoms with Crippen molar-refractivity contribution in [2.75, 3.05) is 25.1 Å². The van der Waals surface area contributed by atoms with Crippen molar-refractivity contribution in [2.45, 2.75) is 18.8 Å². The summed E-state index contributed by atoms with van der Waals surface area (Å²) in [6.07, 6.45) is 1.96. The first kappa shape index (κ1) is 18.1. The van der Waals surface area contributed by atoms with Crippen molar-refractivity contribution in [1.29, 1.82) is 0 Å². The molecule has 0 atom stereocenters. The number of rotatable bonds is 4. The van der Waals surface area contributed by atoms with E-state index in [9.17, 15) is 4.39 Å². The third kappa shape index (κ3) is 3.46. The largest absolute Gasteiger partial charge is 0.496 e. The summed E-state index contributed by atoms with van der Waals surface area (Å²) in [7, 11) is 1.68. The van der Waals surface area contributed by atoms with Crippen LogP contribution in [0.5, 0.6) is 5.75 Å². The Bertz CT molecular complexity index is 1150. The highest BCUT2D eigenvalue weighted by molar-refractivity contribution is 7.10. The molecule has 0 unspecified atom stereocenters. The maximum atomic E-state index is 13.4. The van der Waals surface area contributed by atoms with Crippen LogP contribution in [0.1, 0.15) is 23.8 Å². The molecule has 5 nitrogen and oxygen atoms in total. The highest BCUT2D eigenvalue weighted by Gasteiger charge is 2.26. The fourth-order valence-corrected chi connectivity index (χ4v) is 4.79. The Morgan fingerprint density at radius 1 is 1.14 bits per heavy atom. The van der Waals surface area contributed by atoms with E-state index < -0.39 is 0 Å². The van der Waals surface area contributed by atoms with Crippen LogP contribution >= 0.6 is 11.3 Å². The summed E-state index contributed by atoms with van der Waals surface area (Å²) in [6, 6.07) is 13.0. The van der Waals surface area contributed by atoms with Gasteiger partial charge in [-0.15, -0.1) is 11.3 Å². The van der Waals surface area contributed by atoms with Gasteiger partial charge in [0.25, 0.3) is 6.01 Å². The first-order chi connectivity index (χ1) is 14.2. The topological polar surface area (TPSA) is 51.4 Å². The molecule has 0 N–H and O–H groups in total. The molecule has 0 bridgehead atoms. The zero-order valence-corrected chi connectivity index (χ0v) is 16.8. The highest BCUT2D eigenvalue weighted by Crippen LogP contribution is 2.36. The first-order valence-electron chi connectivity index (χ1n) is 9.61. The van der Waals surface area contributed by atoms with Gasteiger partial charge in [0.2, 0.25) is 0 Å². The van der Waals surface area contributed by atoms with Crippen LogP contribution in [0.3, 0.4) is 0 Å². The number of anilines is 1. The van der Waals surface area contributed by atoms with E-state index in [1.54, 1.807) is 24.5 Å². The molecule has 0 amide bonds. The van der Waals surface area contributed by atoms with Gasteiger partial charge in [-0.3, -0.25) is 0 Å². The van der Waals surface area contributed by atoms with Crippen LogP contribution in [0.2, 0.25) is 0 Å². The average molecular weight is 409 g/mol. The normalized spacial score (nSPS) is 15.2. The number of methoxy groups -OCH3 is 1. The van der Waals surface area contributed by atoms with Gasteiger partial charge in [0.1, 0.15) is 17.1 Å². The van der Waals surface area contributed by atoms with Gasteiger partial charge in [-0.1, -0.05) is 12.1 Å². The second-order valence-electron chi connectivity index (χ2n) is 7.14. The van der Waals surface area contributed by atoms with Gasteiger partial charge in [-0.2, -0.15) is 4.98 Å². The number of piperidine rings is 1. The lowest BCUT2D eigenvalue weighted by Gasteiger charge is -2.29. The lowest BCUT2D eigenvalue weighted by molar-refractivity contribution is 0.416. The van der Waals surface area contributed by atoms with E-state index in [4.69, 9.17) is 14.1 Å². The van der Waals surface area contributed by atoms with Gasteiger partial charge in [0, 0.05) is 36.0 Å². The van der Waals surface area contributed by atoms with Gasteiger partial charge >= 0.3 is 0 Å². The van der Waals surface area contributed by atoms with Gasteiger partial charge < -0.3 is 14.1 Å². The Morgan fingerprint density at radius 2 is 1.97 bits per heavy atom. The monoisotopic (exact) mass is 409 g/mol. The Hall–Kier alpha value is -2.93. The summed E-state index contributed by atoms with van der Waals surface area (Å²) >= 11 is 1.71. The third-order valence-electron chi connectivity index (χ3n) is 5.36. The number of thiazole rings is 1. The van der Waals surface area contributed by atoms with E-state index in [0.29, 0.717) is 23.0 Å². The summed E-state index contributed by atoms with van der Waals surface area (Å²) in [5.74, 6) is 0.957. The van der Waals surface area contributed by atoms with E-state index in [0.717, 1.165) is 47.9 Å². The summed E-state index contributed by atoms with van der Waals surface area (Å²) in [6.45, 7) is 1.67. The fourth-order valence-electron chi connectivity index (χ4n) is 3.80. The van der Waals surface area contributed by atoms with Crippen molar-refractivity contribution in [3.63, 3.8) is 0 Å². The number of para-hydroxylation sites is 1. The van der Waals surface area contributed by atoms with Gasteiger partial charge in [-0.05, 0) is 37.1 Å². The maximum Gasteiger partial charge on any atom is 0.298 e. The van der Waals surface area contributed by atoms with Crippen LogP contribution in [-0.2, 0) is 0 Å². The number of halogens is 1. The van der Waals surface area contributed by atoms with Crippen molar-refractivity contribution in [1.82, 2.24) is 9.97 Å². The zero-order chi connectivity index (χ0) is 19.8. The second-order valence-corrected chi connectivity index (χ2v) is 8.03. The summed E-state index contributed by atoms with van der Waals surface area (Å²) in [5.41, 5.74) is 3.16. The number of hydrogen-bond acceptors (Lipinski definition) is 6. The molecule has 4 aromatic rings. The summed E-state index contributed by atoms with van der Waals surface area (Å²) < 4.78 is 24.7. The van der Waals surface area contributed by atoms with E-state index in [-0.39, 0.29) is 5.82 Å². The molecular weight excluding hydrogens is 389 g/mol. The van der Waals surface area contributed by atoms with E-state index in [1.807, 2.05) is 24.3 Å². The molecular formula is C22H20FN3O2S. The van der Waals surface area contributed by atoms with Gasteiger partial charge in [0.05, 0.1) is 17.8 Å². The van der Waals surface area contributed by atoms with Crippen LogP contribution in [0.4, 0.5) is 10.4 Å². The van der Waals surface area contributed by atoms with Crippen LogP contribution in [0.25, 0.3) is 22.4 Å². The van der Waals surface area contributed by atoms with E-state index >= 15 is 0 Å². The van der Waals surface area contributed by atoms with Crippen molar-refractivity contribution in [3.05, 3.63) is 58.7 Å². The molecule has 1 fully saturated rings. The number of oxazole rings is 1. The lowest BCUT2D eigenvalue weighted by Crippen LogP contribution is -2.33. The quantitative estimate of drug-likeness (QED) is 0.447. The lowest BCUT2D eigenvalue weighted by atomic mass is 9.98. The molecule has 29 heavy (non-hydrogen) atoms. The smallest absolute Gasteiger partial charge is 0.298 e. The Balaban J connectivity index is 1.30. The molecule has 3 heterocycles. The molecule has 5 rings (SSSR count). The fraction of sp³-hybridized carbons (Fsp3) is 0.273. The molecule has 0 spiro atoms. The standard InChI is InChI=1S/C22H20FN3O2S/c1-27-19-5-3-2-4-16(19)18-13-29-21(24-18)14-8-10-26(11-9-14)22-25-17-12-15(23)6-7-20(17)28-22/h2-7,12-14H,8-11H2,1H3. The van der Waals surface area contributed by atoms with Gasteiger partial charge in [-0.25, -0.2) is 9.37 Å². The van der Waals surface area contributed by atoms with E-state index in [2.05, 4.69) is 15.3 Å². The molecule has 1 aliphatic heterocycles. The summed E-state index contributed by atoms with van der Waals surface area (Å²) in [4.78, 5) is 11.5. The first-order valence-corrected chi connectivity index (χ1v) is 10.5. The molecule has 0 saturated carbocycles. The minimum Gasteiger partial charge on any atom is -0.496 e. The number of hydrogen-bond donors (Lipinski definition) is 0. The molecule has 2 aromatic heterocycles. The van der Waals surface area contributed by atoms with Crippen LogP contribution < -0.4 is 9.64 Å². The van der Waals surface area contributed by atoms with Crippen molar-refractivity contribution in [2.24, 2.45) is 0 Å². The zero-order valence-electron chi connectivity index (χ0n) is 16.0. The van der Waals surface area contributed by atoms with Crippen LogP contribution in [0, 0.1) is 5.82 Å². The van der Waals surface area contributed by atoms with Crippen molar-refractivity contribution < 1.29 is 13.5 Å². The van der Waals surface area contributed by atoms with Crippen molar-refractivity contribution in [3.8, 4) is 17.0 Å². The molecule has 2 aromatic carbocycles. The predicted octanol–water partition coefficient (Wildman–Crippen LogP) is 5.48. The van der Waals surface area contributed by atoms with Gasteiger partial charge in [0.15, 0.2) is 5.58 Å². The average Bonchev–Trinajstić information content (AvgIpc) is 3.41. The minimum absolute atomic E-state index is 0.300. The van der Waals surface area contributed by atoms with Crippen LogP contribution in [0.15, 0.2) is 52.3 Å². The number of ether oxygens (including phenoxy) is 1. The number of aromatic nitrogens is 2.